The van der Waals surface area contributed by atoms with Crippen LogP contribution in [0.1, 0.15) is 31.1 Å². The minimum atomic E-state index is -0.0632. The van der Waals surface area contributed by atoms with E-state index in [0.29, 0.717) is 11.7 Å². The number of nitrogens with zero attached hydrogens (tertiary/aromatic N) is 3. The molecule has 1 fully saturated rings. The van der Waals surface area contributed by atoms with E-state index < -0.39 is 0 Å². The third kappa shape index (κ3) is 3.64. The van der Waals surface area contributed by atoms with E-state index in [1.165, 1.54) is 5.56 Å². The number of likely N-dealkylation sites (tertiary alicyclic amines) is 1. The van der Waals surface area contributed by atoms with Crippen molar-refractivity contribution in [1.29, 1.82) is 0 Å². The number of urea groups is 1. The summed E-state index contributed by atoms with van der Waals surface area (Å²) in [6, 6.07) is 10.4. The molecule has 1 saturated heterocycles. The lowest BCUT2D eigenvalue weighted by molar-refractivity contribution is 0.131. The first kappa shape index (κ1) is 17.0. The second-order valence-corrected chi connectivity index (χ2v) is 7.56. The molecule has 1 aliphatic rings. The molecule has 0 bridgehead atoms. The van der Waals surface area contributed by atoms with E-state index in [1.54, 1.807) is 0 Å². The summed E-state index contributed by atoms with van der Waals surface area (Å²) in [5, 5.41) is 7.34. The zero-order valence-corrected chi connectivity index (χ0v) is 15.9. The molecule has 0 atom stereocenters. The van der Waals surface area contributed by atoms with Gasteiger partial charge in [-0.15, -0.1) is 0 Å². The van der Waals surface area contributed by atoms with Crippen molar-refractivity contribution in [2.45, 2.75) is 33.2 Å². The number of benzene rings is 1. The van der Waals surface area contributed by atoms with Gasteiger partial charge in [0.15, 0.2) is 5.82 Å². The van der Waals surface area contributed by atoms with E-state index in [-0.39, 0.29) is 12.1 Å². The molecule has 5 nitrogen and oxygen atoms in total. The highest BCUT2D eigenvalue weighted by Gasteiger charge is 2.31. The van der Waals surface area contributed by atoms with Crippen molar-refractivity contribution in [1.82, 2.24) is 14.7 Å². The van der Waals surface area contributed by atoms with Crippen LogP contribution >= 0.6 is 15.9 Å². The van der Waals surface area contributed by atoms with Gasteiger partial charge in [0.05, 0.1) is 0 Å². The first-order chi connectivity index (χ1) is 11.4. The fourth-order valence-electron chi connectivity index (χ4n) is 3.10. The molecule has 0 spiro atoms. The molecule has 1 aromatic heterocycles. The SMILES string of the molecule is Cc1cc(NC(=O)N2CC(Cc3ccccc3Br)C2)nn1C(C)C. The van der Waals surface area contributed by atoms with E-state index in [0.717, 1.165) is 29.7 Å². The zero-order chi connectivity index (χ0) is 17.3. The van der Waals surface area contributed by atoms with Gasteiger partial charge in [-0.1, -0.05) is 34.1 Å². The molecule has 0 aliphatic carbocycles. The minimum Gasteiger partial charge on any atom is -0.324 e. The summed E-state index contributed by atoms with van der Waals surface area (Å²) in [4.78, 5) is 14.1. The van der Waals surface area contributed by atoms with Crippen molar-refractivity contribution >= 4 is 27.8 Å². The van der Waals surface area contributed by atoms with E-state index in [1.807, 2.05) is 28.6 Å². The molecule has 0 radical (unpaired) electrons. The molecule has 1 aromatic carbocycles. The number of anilines is 1. The molecule has 3 rings (SSSR count). The number of amides is 2. The molecule has 2 aromatic rings. The second-order valence-electron chi connectivity index (χ2n) is 6.71. The number of carbonyl (C=O) groups is 1. The molecule has 1 aliphatic heterocycles. The summed E-state index contributed by atoms with van der Waals surface area (Å²) in [6.45, 7) is 7.73. The number of hydrogen-bond acceptors (Lipinski definition) is 2. The highest BCUT2D eigenvalue weighted by Crippen LogP contribution is 2.25. The normalized spacial score (nSPS) is 14.8. The number of carbonyl (C=O) groups excluding carboxylic acids is 1. The molecule has 128 valence electrons. The van der Waals surface area contributed by atoms with Crippen LogP contribution in [-0.2, 0) is 6.42 Å². The van der Waals surface area contributed by atoms with Gasteiger partial charge < -0.3 is 4.90 Å². The fourth-order valence-corrected chi connectivity index (χ4v) is 3.55. The Balaban J connectivity index is 1.52. The van der Waals surface area contributed by atoms with Gasteiger partial charge in [0.1, 0.15) is 0 Å². The summed E-state index contributed by atoms with van der Waals surface area (Å²) in [5.41, 5.74) is 2.35. The van der Waals surface area contributed by atoms with Crippen LogP contribution in [0.4, 0.5) is 10.6 Å². The number of hydrogen-bond donors (Lipinski definition) is 1. The molecule has 2 heterocycles. The summed E-state index contributed by atoms with van der Waals surface area (Å²) >= 11 is 3.58. The molecule has 6 heteroatoms. The van der Waals surface area contributed by atoms with Crippen molar-refractivity contribution in [3.63, 3.8) is 0 Å². The van der Waals surface area contributed by atoms with Crippen LogP contribution in [0.3, 0.4) is 0 Å². The predicted molar refractivity (Wildman–Crippen MR) is 99.3 cm³/mol. The smallest absolute Gasteiger partial charge is 0.323 e. The quantitative estimate of drug-likeness (QED) is 0.848. The van der Waals surface area contributed by atoms with Crippen LogP contribution < -0.4 is 5.32 Å². The number of aryl methyl sites for hydroxylation is 1. The predicted octanol–water partition coefficient (Wildman–Crippen LogP) is 4.24. The highest BCUT2D eigenvalue weighted by atomic mass is 79.9. The van der Waals surface area contributed by atoms with Crippen molar-refractivity contribution in [2.75, 3.05) is 18.4 Å². The maximum atomic E-state index is 12.3. The van der Waals surface area contributed by atoms with Crippen LogP contribution in [0.15, 0.2) is 34.8 Å². The lowest BCUT2D eigenvalue weighted by atomic mass is 9.92. The maximum absolute atomic E-state index is 12.3. The average Bonchev–Trinajstić information content (AvgIpc) is 2.84. The van der Waals surface area contributed by atoms with E-state index in [2.05, 4.69) is 58.4 Å². The monoisotopic (exact) mass is 390 g/mol. The number of rotatable bonds is 4. The van der Waals surface area contributed by atoms with Gasteiger partial charge >= 0.3 is 6.03 Å². The molecular weight excluding hydrogens is 368 g/mol. The highest BCUT2D eigenvalue weighted by molar-refractivity contribution is 9.10. The van der Waals surface area contributed by atoms with Crippen molar-refractivity contribution < 1.29 is 4.79 Å². The summed E-state index contributed by atoms with van der Waals surface area (Å²) in [6.07, 6.45) is 0.992. The van der Waals surface area contributed by atoms with E-state index >= 15 is 0 Å². The minimum absolute atomic E-state index is 0.0632. The first-order valence-electron chi connectivity index (χ1n) is 8.29. The Morgan fingerprint density at radius 1 is 1.38 bits per heavy atom. The standard InChI is InChI=1S/C18H23BrN4O/c1-12(2)23-13(3)8-17(21-23)20-18(24)22-10-14(11-22)9-15-6-4-5-7-16(15)19/h4-8,12,14H,9-11H2,1-3H3,(H,20,21,24). The van der Waals surface area contributed by atoms with E-state index in [9.17, 15) is 4.79 Å². The topological polar surface area (TPSA) is 50.2 Å². The summed E-state index contributed by atoms with van der Waals surface area (Å²) in [5.74, 6) is 1.14. The lowest BCUT2D eigenvalue weighted by Gasteiger charge is -2.39. The van der Waals surface area contributed by atoms with Gasteiger partial charge in [0.25, 0.3) is 0 Å². The molecule has 1 N–H and O–H groups in total. The second kappa shape index (κ2) is 6.97. The third-order valence-corrected chi connectivity index (χ3v) is 5.13. The fraction of sp³-hybridized carbons (Fsp3) is 0.444. The lowest BCUT2D eigenvalue weighted by Crippen LogP contribution is -2.52. The van der Waals surface area contributed by atoms with Crippen LogP contribution in [0.5, 0.6) is 0 Å². The van der Waals surface area contributed by atoms with Crippen molar-refractivity contribution in [3.8, 4) is 0 Å². The van der Waals surface area contributed by atoms with Crippen LogP contribution in [0, 0.1) is 12.8 Å². The Bertz CT molecular complexity index is 734. The van der Waals surface area contributed by atoms with Gasteiger partial charge in [0, 0.05) is 35.4 Å². The number of halogens is 1. The Hall–Kier alpha value is -1.82. The van der Waals surface area contributed by atoms with Crippen molar-refractivity contribution in [2.24, 2.45) is 5.92 Å². The molecule has 2 amide bonds. The Kier molecular flexibility index (Phi) is 4.94. The number of nitrogens with one attached hydrogen (secondary N) is 1. The van der Waals surface area contributed by atoms with Crippen LogP contribution in [0.2, 0.25) is 0 Å². The third-order valence-electron chi connectivity index (χ3n) is 4.36. The maximum Gasteiger partial charge on any atom is 0.323 e. The van der Waals surface area contributed by atoms with Gasteiger partial charge in [-0.3, -0.25) is 10.00 Å². The average molecular weight is 391 g/mol. The molecular formula is C18H23BrN4O. The van der Waals surface area contributed by atoms with Crippen molar-refractivity contribution in [3.05, 3.63) is 46.1 Å². The Labute approximate surface area is 151 Å². The summed E-state index contributed by atoms with van der Waals surface area (Å²) < 4.78 is 3.06. The summed E-state index contributed by atoms with van der Waals surface area (Å²) in [7, 11) is 0. The van der Waals surface area contributed by atoms with Crippen LogP contribution in [0.25, 0.3) is 0 Å². The zero-order valence-electron chi connectivity index (χ0n) is 14.3. The number of aromatic nitrogens is 2. The van der Waals surface area contributed by atoms with Crippen LogP contribution in [-0.4, -0.2) is 33.8 Å². The van der Waals surface area contributed by atoms with Gasteiger partial charge in [-0.05, 0) is 44.7 Å². The Morgan fingerprint density at radius 2 is 2.08 bits per heavy atom. The molecule has 0 unspecified atom stereocenters. The first-order valence-corrected chi connectivity index (χ1v) is 9.09. The van der Waals surface area contributed by atoms with Gasteiger partial charge in [-0.2, -0.15) is 5.10 Å². The Morgan fingerprint density at radius 3 is 2.71 bits per heavy atom. The molecule has 0 saturated carbocycles. The largest absolute Gasteiger partial charge is 0.324 e. The van der Waals surface area contributed by atoms with Gasteiger partial charge in [0.2, 0.25) is 0 Å². The van der Waals surface area contributed by atoms with E-state index in [4.69, 9.17) is 0 Å². The molecule has 24 heavy (non-hydrogen) atoms. The van der Waals surface area contributed by atoms with Gasteiger partial charge in [-0.25, -0.2) is 4.79 Å².